The minimum absolute atomic E-state index is 0.184. The highest BCUT2D eigenvalue weighted by molar-refractivity contribution is 6.00. The highest BCUT2D eigenvalue weighted by atomic mass is 16.6. The number of benzene rings is 2. The van der Waals surface area contributed by atoms with Gasteiger partial charge in [0.15, 0.2) is 0 Å². The van der Waals surface area contributed by atoms with Gasteiger partial charge in [-0.05, 0) is 78.0 Å². The normalized spacial score (nSPS) is 14.9. The Hall–Kier alpha value is -3.39. The first-order chi connectivity index (χ1) is 17.3. The average molecular weight is 510 g/mol. The first-order valence-corrected chi connectivity index (χ1v) is 12.7. The number of ether oxygens (including phenoxy) is 1. The minimum Gasteiger partial charge on any atom is -0.444 e. The van der Waals surface area contributed by atoms with Crippen LogP contribution in [0.2, 0.25) is 0 Å². The number of hydrogen-bond donors (Lipinski definition) is 3. The number of aryl methyl sites for hydroxylation is 4. The summed E-state index contributed by atoms with van der Waals surface area (Å²) in [7, 11) is 0. The molecule has 0 bridgehead atoms. The number of amides is 3. The van der Waals surface area contributed by atoms with Gasteiger partial charge in [-0.1, -0.05) is 47.5 Å². The smallest absolute Gasteiger partial charge is 0.408 e. The number of carbonyl (C=O) groups excluding carboxylic acids is 3. The monoisotopic (exact) mass is 509 g/mol. The van der Waals surface area contributed by atoms with E-state index in [4.69, 9.17) is 4.74 Å². The van der Waals surface area contributed by atoms with Gasteiger partial charge in [-0.25, -0.2) is 4.79 Å². The van der Waals surface area contributed by atoms with Gasteiger partial charge in [0.05, 0.1) is 6.61 Å². The molecule has 0 radical (unpaired) electrons. The Morgan fingerprint density at radius 2 is 1.59 bits per heavy atom. The van der Waals surface area contributed by atoms with Crippen LogP contribution in [0.3, 0.4) is 0 Å². The van der Waals surface area contributed by atoms with Crippen molar-refractivity contribution in [1.82, 2.24) is 10.2 Å². The van der Waals surface area contributed by atoms with E-state index in [-0.39, 0.29) is 11.9 Å². The van der Waals surface area contributed by atoms with Crippen LogP contribution < -0.4 is 10.6 Å². The molecule has 2 aromatic rings. The molecule has 1 fully saturated rings. The van der Waals surface area contributed by atoms with Gasteiger partial charge in [0, 0.05) is 11.7 Å². The van der Waals surface area contributed by atoms with Crippen LogP contribution in [-0.2, 0) is 14.3 Å². The highest BCUT2D eigenvalue weighted by Crippen LogP contribution is 2.37. The van der Waals surface area contributed by atoms with Gasteiger partial charge in [-0.3, -0.25) is 9.59 Å². The Morgan fingerprint density at radius 3 is 2.08 bits per heavy atom. The molecule has 8 heteroatoms. The Kier molecular flexibility index (Phi) is 8.64. The zero-order valence-electron chi connectivity index (χ0n) is 22.8. The lowest BCUT2D eigenvalue weighted by Gasteiger charge is -2.34. The molecule has 2 aromatic carbocycles. The van der Waals surface area contributed by atoms with Crippen molar-refractivity contribution < 1.29 is 24.2 Å². The van der Waals surface area contributed by atoms with E-state index in [0.717, 1.165) is 35.1 Å². The standard InChI is InChI=1S/C29H39N3O5/c1-17-13-18(2)15-21(14-17)25(26(34)31-24-19(3)9-8-10-20(24)4)32(22-11-12-22)27(35)23(16-33)30-28(36)37-29(5,6)7/h8-10,13-15,22-23,25,33H,11-12,16H2,1-7H3,(H,30,36)(H,31,34). The van der Waals surface area contributed by atoms with E-state index in [1.54, 1.807) is 20.8 Å². The van der Waals surface area contributed by atoms with Crippen LogP contribution in [0.4, 0.5) is 10.5 Å². The first kappa shape index (κ1) is 28.2. The van der Waals surface area contributed by atoms with E-state index < -0.39 is 36.3 Å². The van der Waals surface area contributed by atoms with Crippen LogP contribution in [0.15, 0.2) is 36.4 Å². The van der Waals surface area contributed by atoms with Crippen LogP contribution >= 0.6 is 0 Å². The molecular weight excluding hydrogens is 470 g/mol. The second kappa shape index (κ2) is 11.3. The number of hydrogen-bond acceptors (Lipinski definition) is 5. The third kappa shape index (κ3) is 7.32. The quantitative estimate of drug-likeness (QED) is 0.486. The van der Waals surface area contributed by atoms with Crippen LogP contribution in [0.1, 0.15) is 67.5 Å². The highest BCUT2D eigenvalue weighted by Gasteiger charge is 2.44. The molecule has 0 aliphatic heterocycles. The summed E-state index contributed by atoms with van der Waals surface area (Å²) in [5.74, 6) is -0.881. The molecule has 200 valence electrons. The van der Waals surface area contributed by atoms with Crippen molar-refractivity contribution in [1.29, 1.82) is 0 Å². The molecule has 3 rings (SSSR count). The van der Waals surface area contributed by atoms with Gasteiger partial charge in [-0.15, -0.1) is 0 Å². The van der Waals surface area contributed by atoms with E-state index in [0.29, 0.717) is 11.3 Å². The molecule has 0 saturated heterocycles. The summed E-state index contributed by atoms with van der Waals surface area (Å²) < 4.78 is 5.29. The maximum atomic E-state index is 14.0. The van der Waals surface area contributed by atoms with Gasteiger partial charge in [0.25, 0.3) is 5.91 Å². The summed E-state index contributed by atoms with van der Waals surface area (Å²) in [4.78, 5) is 41.8. The minimum atomic E-state index is -1.25. The van der Waals surface area contributed by atoms with Crippen LogP contribution in [-0.4, -0.2) is 52.2 Å². The lowest BCUT2D eigenvalue weighted by Crippen LogP contribution is -2.54. The van der Waals surface area contributed by atoms with E-state index >= 15 is 0 Å². The number of anilines is 1. The molecule has 1 aliphatic rings. The molecule has 37 heavy (non-hydrogen) atoms. The molecule has 2 atom stereocenters. The lowest BCUT2D eigenvalue weighted by molar-refractivity contribution is -0.142. The number of carbonyl (C=O) groups is 3. The second-order valence-electron chi connectivity index (χ2n) is 10.9. The largest absolute Gasteiger partial charge is 0.444 e. The number of aliphatic hydroxyl groups is 1. The summed E-state index contributed by atoms with van der Waals surface area (Å²) in [5.41, 5.74) is 4.37. The fourth-order valence-corrected chi connectivity index (χ4v) is 4.50. The average Bonchev–Trinajstić information content (AvgIpc) is 3.61. The van der Waals surface area contributed by atoms with Crippen molar-refractivity contribution in [3.63, 3.8) is 0 Å². The number of rotatable bonds is 8. The lowest BCUT2D eigenvalue weighted by atomic mass is 9.98. The zero-order chi connectivity index (χ0) is 27.5. The molecule has 8 nitrogen and oxygen atoms in total. The predicted molar refractivity (Wildman–Crippen MR) is 143 cm³/mol. The summed E-state index contributed by atoms with van der Waals surface area (Å²) in [6, 6.07) is 9.19. The number of nitrogens with one attached hydrogen (secondary N) is 2. The van der Waals surface area contributed by atoms with Crippen LogP contribution in [0.5, 0.6) is 0 Å². The number of nitrogens with zero attached hydrogens (tertiary/aromatic N) is 1. The third-order valence-electron chi connectivity index (χ3n) is 6.18. The molecule has 0 heterocycles. The predicted octanol–water partition coefficient (Wildman–Crippen LogP) is 4.48. The van der Waals surface area contributed by atoms with E-state index in [2.05, 4.69) is 10.6 Å². The molecule has 1 aliphatic carbocycles. The molecule has 0 spiro atoms. The molecule has 1 saturated carbocycles. The van der Waals surface area contributed by atoms with E-state index in [1.165, 1.54) is 4.90 Å². The molecule has 3 N–H and O–H groups in total. The second-order valence-corrected chi connectivity index (χ2v) is 10.9. The van der Waals surface area contributed by atoms with Gasteiger partial charge < -0.3 is 25.4 Å². The Balaban J connectivity index is 2.02. The zero-order valence-corrected chi connectivity index (χ0v) is 22.8. The number of alkyl carbamates (subject to hydrolysis) is 1. The summed E-state index contributed by atoms with van der Waals surface area (Å²) in [6.07, 6.45) is 0.654. The fourth-order valence-electron chi connectivity index (χ4n) is 4.50. The van der Waals surface area contributed by atoms with Crippen molar-refractivity contribution in [3.8, 4) is 0 Å². The Labute approximate surface area is 219 Å². The number of para-hydroxylation sites is 1. The van der Waals surface area contributed by atoms with Crippen molar-refractivity contribution in [2.24, 2.45) is 0 Å². The fraction of sp³-hybridized carbons (Fsp3) is 0.483. The van der Waals surface area contributed by atoms with Crippen molar-refractivity contribution in [2.45, 2.75) is 85.0 Å². The SMILES string of the molecule is Cc1cc(C)cc(C(C(=O)Nc2c(C)cccc2C)N(C(=O)C(CO)NC(=O)OC(C)(C)C)C2CC2)c1. The van der Waals surface area contributed by atoms with Crippen molar-refractivity contribution >= 4 is 23.6 Å². The molecule has 3 amide bonds. The summed E-state index contributed by atoms with van der Waals surface area (Å²) in [6.45, 7) is 12.3. The van der Waals surface area contributed by atoms with E-state index in [1.807, 2.05) is 64.1 Å². The first-order valence-electron chi connectivity index (χ1n) is 12.7. The van der Waals surface area contributed by atoms with Gasteiger partial charge in [0.1, 0.15) is 17.7 Å². The van der Waals surface area contributed by atoms with Gasteiger partial charge in [-0.2, -0.15) is 0 Å². The maximum Gasteiger partial charge on any atom is 0.408 e. The maximum absolute atomic E-state index is 14.0. The van der Waals surface area contributed by atoms with Crippen molar-refractivity contribution in [3.05, 3.63) is 64.2 Å². The number of aliphatic hydroxyl groups excluding tert-OH is 1. The molecule has 2 unspecified atom stereocenters. The van der Waals surface area contributed by atoms with Crippen molar-refractivity contribution in [2.75, 3.05) is 11.9 Å². The molecule has 0 aromatic heterocycles. The Morgan fingerprint density at radius 1 is 1.03 bits per heavy atom. The third-order valence-corrected chi connectivity index (χ3v) is 6.18. The summed E-state index contributed by atoms with van der Waals surface area (Å²) in [5, 5.41) is 15.6. The van der Waals surface area contributed by atoms with Gasteiger partial charge in [0.2, 0.25) is 5.91 Å². The van der Waals surface area contributed by atoms with E-state index in [9.17, 15) is 19.5 Å². The Bertz CT molecular complexity index is 1130. The molecular formula is C29H39N3O5. The van der Waals surface area contributed by atoms with Gasteiger partial charge >= 0.3 is 6.09 Å². The summed E-state index contributed by atoms with van der Waals surface area (Å²) >= 11 is 0. The topological polar surface area (TPSA) is 108 Å². The van der Waals surface area contributed by atoms with Crippen LogP contribution in [0.25, 0.3) is 0 Å². The van der Waals surface area contributed by atoms with Crippen LogP contribution in [0, 0.1) is 27.7 Å².